The summed E-state index contributed by atoms with van der Waals surface area (Å²) in [7, 11) is 0. The van der Waals surface area contributed by atoms with Crippen molar-refractivity contribution < 1.29 is 13.9 Å². The van der Waals surface area contributed by atoms with Crippen LogP contribution in [0.1, 0.15) is 25.3 Å². The Morgan fingerprint density at radius 2 is 2.16 bits per heavy atom. The van der Waals surface area contributed by atoms with E-state index in [4.69, 9.17) is 10.5 Å². The molecule has 0 aliphatic carbocycles. The van der Waals surface area contributed by atoms with Gasteiger partial charge in [-0.1, -0.05) is 0 Å². The molecule has 1 unspecified atom stereocenters. The van der Waals surface area contributed by atoms with E-state index in [0.29, 0.717) is 11.3 Å². The smallest absolute Gasteiger partial charge is 0.263 e. The minimum absolute atomic E-state index is 0.0233. The van der Waals surface area contributed by atoms with Gasteiger partial charge in [0.25, 0.3) is 5.91 Å². The summed E-state index contributed by atoms with van der Waals surface area (Å²) in [4.78, 5) is 13.9. The first kappa shape index (κ1) is 13.8. The molecule has 19 heavy (non-hydrogen) atoms. The number of ether oxygens (including phenoxy) is 1. The lowest BCUT2D eigenvalue weighted by atomic mass is 10.2. The summed E-state index contributed by atoms with van der Waals surface area (Å²) in [5.74, 6) is 0.0973. The second kappa shape index (κ2) is 6.02. The molecule has 1 aliphatic rings. The third kappa shape index (κ3) is 3.23. The van der Waals surface area contributed by atoms with Crippen LogP contribution in [0.2, 0.25) is 0 Å². The maximum Gasteiger partial charge on any atom is 0.263 e. The second-order valence-corrected chi connectivity index (χ2v) is 4.75. The molecule has 1 aromatic carbocycles. The molecule has 2 N–H and O–H groups in total. The molecule has 5 heteroatoms. The van der Waals surface area contributed by atoms with Crippen LogP contribution in [0.25, 0.3) is 0 Å². The molecule has 1 fully saturated rings. The zero-order valence-corrected chi connectivity index (χ0v) is 11.1. The number of carbonyl (C=O) groups excluding carboxylic acids is 1. The summed E-state index contributed by atoms with van der Waals surface area (Å²) >= 11 is 0. The van der Waals surface area contributed by atoms with Crippen LogP contribution >= 0.6 is 0 Å². The van der Waals surface area contributed by atoms with Crippen LogP contribution in [0.15, 0.2) is 18.2 Å². The lowest BCUT2D eigenvalue weighted by Gasteiger charge is -2.22. The van der Waals surface area contributed by atoms with Gasteiger partial charge >= 0.3 is 0 Å². The van der Waals surface area contributed by atoms with Crippen LogP contribution in [0.5, 0.6) is 5.75 Å². The molecule has 4 nitrogen and oxygen atoms in total. The maximum absolute atomic E-state index is 13.1. The van der Waals surface area contributed by atoms with Crippen molar-refractivity contribution in [3.05, 3.63) is 29.6 Å². The molecule has 104 valence electrons. The van der Waals surface area contributed by atoms with E-state index >= 15 is 0 Å². The molecule has 1 aromatic rings. The van der Waals surface area contributed by atoms with Crippen molar-refractivity contribution in [2.75, 3.05) is 13.1 Å². The topological polar surface area (TPSA) is 55.6 Å². The molecule has 0 radical (unpaired) electrons. The van der Waals surface area contributed by atoms with E-state index in [0.717, 1.165) is 25.9 Å². The molecule has 1 heterocycles. The highest BCUT2D eigenvalue weighted by Gasteiger charge is 2.24. The van der Waals surface area contributed by atoms with Crippen molar-refractivity contribution in [3.63, 3.8) is 0 Å². The number of hydrogen-bond acceptors (Lipinski definition) is 3. The molecule has 1 saturated heterocycles. The number of nitrogens with zero attached hydrogens (tertiary/aromatic N) is 1. The van der Waals surface area contributed by atoms with Crippen LogP contribution in [0.3, 0.4) is 0 Å². The summed E-state index contributed by atoms with van der Waals surface area (Å²) in [5, 5.41) is 0. The molecule has 0 spiro atoms. The first-order valence-electron chi connectivity index (χ1n) is 6.55. The Labute approximate surface area is 112 Å². The van der Waals surface area contributed by atoms with Crippen LogP contribution in [-0.4, -0.2) is 30.0 Å². The van der Waals surface area contributed by atoms with E-state index in [1.807, 2.05) is 0 Å². The largest absolute Gasteiger partial charge is 0.481 e. The molecule has 1 aliphatic heterocycles. The third-order valence-corrected chi connectivity index (χ3v) is 3.31. The fraction of sp³-hybridized carbons (Fsp3) is 0.500. The first-order chi connectivity index (χ1) is 9.11. The summed E-state index contributed by atoms with van der Waals surface area (Å²) in [6, 6.07) is 4.16. The molecule has 2 rings (SSSR count). The van der Waals surface area contributed by atoms with Crippen molar-refractivity contribution in [2.24, 2.45) is 5.73 Å². The maximum atomic E-state index is 13.1. The lowest BCUT2D eigenvalue weighted by Crippen LogP contribution is -2.38. The standard InChI is InChI=1S/C14H19FN2O2/c1-10(14(18)17-6-2-3-7-17)19-13-5-4-12(15)8-11(13)9-16/h4-5,8,10H,2-3,6-7,9,16H2,1H3. The van der Waals surface area contributed by atoms with Gasteiger partial charge in [0.05, 0.1) is 0 Å². The minimum atomic E-state index is -0.575. The average molecular weight is 266 g/mol. The summed E-state index contributed by atoms with van der Waals surface area (Å²) in [6.07, 6.45) is 1.51. The normalized spacial score (nSPS) is 16.5. The summed E-state index contributed by atoms with van der Waals surface area (Å²) < 4.78 is 18.7. The van der Waals surface area contributed by atoms with E-state index in [1.54, 1.807) is 11.8 Å². The van der Waals surface area contributed by atoms with Gasteiger partial charge in [0.15, 0.2) is 6.10 Å². The first-order valence-corrected chi connectivity index (χ1v) is 6.55. The highest BCUT2D eigenvalue weighted by molar-refractivity contribution is 5.81. The average Bonchev–Trinajstić information content (AvgIpc) is 2.93. The number of hydrogen-bond donors (Lipinski definition) is 1. The quantitative estimate of drug-likeness (QED) is 0.902. The van der Waals surface area contributed by atoms with Crippen molar-refractivity contribution in [1.29, 1.82) is 0 Å². The SMILES string of the molecule is CC(Oc1ccc(F)cc1CN)C(=O)N1CCCC1. The van der Waals surface area contributed by atoms with E-state index < -0.39 is 6.10 Å². The van der Waals surface area contributed by atoms with Crippen molar-refractivity contribution in [3.8, 4) is 5.75 Å². The summed E-state index contributed by atoms with van der Waals surface area (Å²) in [6.45, 7) is 3.47. The Balaban J connectivity index is 2.05. The van der Waals surface area contributed by atoms with Gasteiger partial charge < -0.3 is 15.4 Å². The van der Waals surface area contributed by atoms with Crippen LogP contribution in [0, 0.1) is 5.82 Å². The zero-order chi connectivity index (χ0) is 13.8. The molecule has 0 bridgehead atoms. The Bertz CT molecular complexity index is 459. The molecule has 0 aromatic heterocycles. The van der Waals surface area contributed by atoms with Gasteiger partial charge in [-0.25, -0.2) is 4.39 Å². The van der Waals surface area contributed by atoms with E-state index in [-0.39, 0.29) is 18.3 Å². The Morgan fingerprint density at radius 3 is 2.79 bits per heavy atom. The summed E-state index contributed by atoms with van der Waals surface area (Å²) in [5.41, 5.74) is 6.12. The van der Waals surface area contributed by atoms with E-state index in [9.17, 15) is 9.18 Å². The number of benzene rings is 1. The highest BCUT2D eigenvalue weighted by atomic mass is 19.1. The van der Waals surface area contributed by atoms with Gasteiger partial charge in [-0.15, -0.1) is 0 Å². The molecule has 1 amide bonds. The number of nitrogens with two attached hydrogens (primary N) is 1. The Morgan fingerprint density at radius 1 is 1.47 bits per heavy atom. The van der Waals surface area contributed by atoms with Crippen LogP contribution < -0.4 is 10.5 Å². The van der Waals surface area contributed by atoms with Crippen molar-refractivity contribution in [1.82, 2.24) is 4.90 Å². The monoisotopic (exact) mass is 266 g/mol. The fourth-order valence-corrected chi connectivity index (χ4v) is 2.26. The Hall–Kier alpha value is -1.62. The molecule has 0 saturated carbocycles. The number of rotatable bonds is 4. The molecule has 1 atom stereocenters. The van der Waals surface area contributed by atoms with Crippen molar-refractivity contribution >= 4 is 5.91 Å². The third-order valence-electron chi connectivity index (χ3n) is 3.31. The minimum Gasteiger partial charge on any atom is -0.481 e. The van der Waals surface area contributed by atoms with Gasteiger partial charge in [-0.3, -0.25) is 4.79 Å². The molecular formula is C14H19FN2O2. The lowest BCUT2D eigenvalue weighted by molar-refractivity contribution is -0.136. The predicted molar refractivity (Wildman–Crippen MR) is 70.2 cm³/mol. The van der Waals surface area contributed by atoms with Gasteiger partial charge in [0, 0.05) is 25.2 Å². The van der Waals surface area contributed by atoms with Crippen molar-refractivity contribution in [2.45, 2.75) is 32.4 Å². The van der Waals surface area contributed by atoms with Crippen LogP contribution in [0.4, 0.5) is 4.39 Å². The van der Waals surface area contributed by atoms with Gasteiger partial charge in [0.2, 0.25) is 0 Å². The number of halogens is 1. The van der Waals surface area contributed by atoms with Gasteiger partial charge in [-0.05, 0) is 38.0 Å². The van der Waals surface area contributed by atoms with Gasteiger partial charge in [0.1, 0.15) is 11.6 Å². The highest BCUT2D eigenvalue weighted by Crippen LogP contribution is 2.21. The Kier molecular flexibility index (Phi) is 4.37. The van der Waals surface area contributed by atoms with E-state index in [1.165, 1.54) is 18.2 Å². The van der Waals surface area contributed by atoms with Gasteiger partial charge in [-0.2, -0.15) is 0 Å². The number of amides is 1. The van der Waals surface area contributed by atoms with Crippen LogP contribution in [-0.2, 0) is 11.3 Å². The molecular weight excluding hydrogens is 247 g/mol. The second-order valence-electron chi connectivity index (χ2n) is 4.75. The number of carbonyl (C=O) groups is 1. The van der Waals surface area contributed by atoms with E-state index in [2.05, 4.69) is 0 Å². The zero-order valence-electron chi connectivity index (χ0n) is 11.1. The predicted octanol–water partition coefficient (Wildman–Crippen LogP) is 1.67. The number of likely N-dealkylation sites (tertiary alicyclic amines) is 1. The fourth-order valence-electron chi connectivity index (χ4n) is 2.26.